The van der Waals surface area contributed by atoms with Crippen LogP contribution in [-0.4, -0.2) is 68.0 Å². The second-order valence-electron chi connectivity index (χ2n) is 9.82. The molecule has 13 heteroatoms. The Labute approximate surface area is 213 Å². The number of hydrogen-bond donors (Lipinski definition) is 3. The molecule has 0 aliphatic carbocycles. The Kier molecular flexibility index (Phi) is 6.69. The number of pyridine rings is 1. The van der Waals surface area contributed by atoms with Crippen molar-refractivity contribution in [2.75, 3.05) is 42.9 Å². The highest BCUT2D eigenvalue weighted by molar-refractivity contribution is 7.89. The average molecular weight is 539 g/mol. The molecular formula is C24H29F3N6O3S. The van der Waals surface area contributed by atoms with Crippen LogP contribution in [0, 0.1) is 0 Å². The van der Waals surface area contributed by atoms with Crippen LogP contribution in [0.3, 0.4) is 0 Å². The third-order valence-corrected chi connectivity index (χ3v) is 9.34. The number of nitrogens with one attached hydrogen (secondary N) is 3. The molecule has 3 aliphatic rings. The van der Waals surface area contributed by atoms with Crippen LogP contribution >= 0.6 is 0 Å². The third kappa shape index (κ3) is 5.47. The summed E-state index contributed by atoms with van der Waals surface area (Å²) in [5, 5.41) is 8.95. The van der Waals surface area contributed by atoms with E-state index in [0.29, 0.717) is 38.3 Å². The highest BCUT2D eigenvalue weighted by Crippen LogP contribution is 2.31. The summed E-state index contributed by atoms with van der Waals surface area (Å²) < 4.78 is 66.0. The van der Waals surface area contributed by atoms with Gasteiger partial charge in [-0.05, 0) is 62.1 Å². The Bertz CT molecular complexity index is 1220. The first-order valence-electron chi connectivity index (χ1n) is 12.3. The number of hydrogen-bond acceptors (Lipinski definition) is 6. The van der Waals surface area contributed by atoms with Crippen LogP contribution in [0.1, 0.15) is 31.2 Å². The third-order valence-electron chi connectivity index (χ3n) is 7.42. The molecule has 2 amide bonds. The normalized spacial score (nSPS) is 21.1. The van der Waals surface area contributed by atoms with Crippen molar-refractivity contribution in [3.8, 4) is 0 Å². The van der Waals surface area contributed by atoms with E-state index < -0.39 is 21.8 Å². The van der Waals surface area contributed by atoms with Crippen LogP contribution in [0.2, 0.25) is 0 Å². The monoisotopic (exact) mass is 538 g/mol. The Morgan fingerprint density at radius 1 is 1.00 bits per heavy atom. The van der Waals surface area contributed by atoms with Crippen molar-refractivity contribution >= 4 is 27.6 Å². The van der Waals surface area contributed by atoms with Gasteiger partial charge in [0.1, 0.15) is 5.82 Å². The lowest BCUT2D eigenvalue weighted by atomic mass is 9.88. The summed E-state index contributed by atoms with van der Waals surface area (Å²) >= 11 is 0. The summed E-state index contributed by atoms with van der Waals surface area (Å²) in [5.74, 6) is 0.333. The second kappa shape index (κ2) is 9.67. The number of benzene rings is 1. The van der Waals surface area contributed by atoms with Gasteiger partial charge in [-0.15, -0.1) is 0 Å². The molecule has 200 valence electrons. The number of urea groups is 1. The standard InChI is InChI=1S/C24H29F3N6O3S/c25-24(26,27)17-1-6-21(28-15-17)30-18-7-11-33(12-8-18)37(35,36)20-4-2-19(3-5-20)32-13-9-23(10-14-32)16-29-22(34)31-23/h1-6,15,18H,7-14,16H2,(H,28,30)(H2,29,31,34). The van der Waals surface area contributed by atoms with Crippen molar-refractivity contribution in [2.24, 2.45) is 0 Å². The van der Waals surface area contributed by atoms with E-state index in [2.05, 4.69) is 25.8 Å². The van der Waals surface area contributed by atoms with Gasteiger partial charge < -0.3 is 20.9 Å². The van der Waals surface area contributed by atoms with Crippen LogP contribution < -0.4 is 20.9 Å². The first-order chi connectivity index (χ1) is 17.5. The molecule has 37 heavy (non-hydrogen) atoms. The molecule has 5 rings (SSSR count). The van der Waals surface area contributed by atoms with Crippen molar-refractivity contribution in [3.63, 3.8) is 0 Å². The van der Waals surface area contributed by atoms with Gasteiger partial charge in [-0.1, -0.05) is 0 Å². The maximum Gasteiger partial charge on any atom is 0.417 e. The van der Waals surface area contributed by atoms with Crippen LogP contribution in [0.15, 0.2) is 47.5 Å². The van der Waals surface area contributed by atoms with Gasteiger partial charge in [0.05, 0.1) is 16.0 Å². The Morgan fingerprint density at radius 2 is 1.68 bits per heavy atom. The molecule has 3 fully saturated rings. The number of rotatable bonds is 5. The van der Waals surface area contributed by atoms with Gasteiger partial charge in [-0.25, -0.2) is 18.2 Å². The van der Waals surface area contributed by atoms with Gasteiger partial charge in [0.15, 0.2) is 0 Å². The molecule has 1 aromatic heterocycles. The molecule has 1 spiro atoms. The number of amides is 2. The van der Waals surface area contributed by atoms with Gasteiger partial charge >= 0.3 is 12.2 Å². The van der Waals surface area contributed by atoms with Gasteiger partial charge in [-0.2, -0.15) is 17.5 Å². The molecule has 0 radical (unpaired) electrons. The zero-order valence-corrected chi connectivity index (χ0v) is 20.9. The van der Waals surface area contributed by atoms with Crippen molar-refractivity contribution < 1.29 is 26.4 Å². The quantitative estimate of drug-likeness (QED) is 0.541. The summed E-state index contributed by atoms with van der Waals surface area (Å²) in [6, 6.07) is 8.96. The van der Waals surface area contributed by atoms with Crippen molar-refractivity contribution in [1.29, 1.82) is 0 Å². The van der Waals surface area contributed by atoms with E-state index >= 15 is 0 Å². The van der Waals surface area contributed by atoms with E-state index in [1.807, 2.05) is 12.1 Å². The minimum atomic E-state index is -4.44. The van der Waals surface area contributed by atoms with E-state index in [0.717, 1.165) is 43.9 Å². The summed E-state index contributed by atoms with van der Waals surface area (Å²) in [6.45, 7) is 2.77. The Morgan fingerprint density at radius 3 is 2.22 bits per heavy atom. The molecule has 9 nitrogen and oxygen atoms in total. The number of piperidine rings is 2. The largest absolute Gasteiger partial charge is 0.417 e. The lowest BCUT2D eigenvalue weighted by molar-refractivity contribution is -0.137. The number of halogens is 3. The van der Waals surface area contributed by atoms with Crippen LogP contribution in [0.5, 0.6) is 0 Å². The predicted molar refractivity (Wildman–Crippen MR) is 132 cm³/mol. The number of nitrogens with zero attached hydrogens (tertiary/aromatic N) is 3. The maximum atomic E-state index is 13.2. The van der Waals surface area contributed by atoms with Crippen molar-refractivity contribution in [1.82, 2.24) is 19.9 Å². The highest BCUT2D eigenvalue weighted by Gasteiger charge is 2.40. The summed E-state index contributed by atoms with van der Waals surface area (Å²) in [5.41, 5.74) is -0.0627. The SMILES string of the molecule is O=C1NCC2(CCN(c3ccc(S(=O)(=O)N4CCC(Nc5ccc(C(F)(F)F)cn5)CC4)cc3)CC2)N1. The van der Waals surface area contributed by atoms with Crippen LogP contribution in [-0.2, 0) is 16.2 Å². The molecular weight excluding hydrogens is 509 g/mol. The number of anilines is 2. The number of aromatic nitrogens is 1. The molecule has 4 heterocycles. The molecule has 3 aliphatic heterocycles. The second-order valence-corrected chi connectivity index (χ2v) is 11.8. The zero-order valence-electron chi connectivity index (χ0n) is 20.1. The van der Waals surface area contributed by atoms with Crippen LogP contribution in [0.25, 0.3) is 0 Å². The molecule has 1 aromatic carbocycles. The van der Waals surface area contributed by atoms with Gasteiger partial charge in [0.2, 0.25) is 10.0 Å². The first-order valence-corrected chi connectivity index (χ1v) is 13.7. The molecule has 0 saturated carbocycles. The van der Waals surface area contributed by atoms with Gasteiger partial charge in [0, 0.05) is 50.6 Å². The summed E-state index contributed by atoms with van der Waals surface area (Å²) in [6.07, 6.45) is -0.987. The predicted octanol–water partition coefficient (Wildman–Crippen LogP) is 3.02. The number of alkyl halides is 3. The molecule has 0 unspecified atom stereocenters. The zero-order chi connectivity index (χ0) is 26.3. The lowest BCUT2D eigenvalue weighted by Gasteiger charge is -2.39. The Balaban J connectivity index is 1.14. The fraction of sp³-hybridized carbons (Fsp3) is 0.500. The lowest BCUT2D eigenvalue weighted by Crippen LogP contribution is -2.52. The van der Waals surface area contributed by atoms with Crippen molar-refractivity contribution in [2.45, 2.75) is 48.3 Å². The summed E-state index contributed by atoms with van der Waals surface area (Å²) in [7, 11) is -3.66. The van der Waals surface area contributed by atoms with Gasteiger partial charge in [0.25, 0.3) is 0 Å². The molecule has 0 atom stereocenters. The average Bonchev–Trinajstić information content (AvgIpc) is 3.24. The van der Waals surface area contributed by atoms with E-state index in [-0.39, 0.29) is 22.5 Å². The minimum absolute atomic E-state index is 0.0830. The minimum Gasteiger partial charge on any atom is -0.371 e. The van der Waals surface area contributed by atoms with E-state index in [1.54, 1.807) is 12.1 Å². The topological polar surface area (TPSA) is 107 Å². The fourth-order valence-electron chi connectivity index (χ4n) is 5.15. The van der Waals surface area contributed by atoms with Crippen molar-refractivity contribution in [3.05, 3.63) is 48.2 Å². The fourth-order valence-corrected chi connectivity index (χ4v) is 6.62. The molecule has 3 N–H and O–H groups in total. The van der Waals surface area contributed by atoms with E-state index in [9.17, 15) is 26.4 Å². The Hall–Kier alpha value is -3.06. The first kappa shape index (κ1) is 25.6. The smallest absolute Gasteiger partial charge is 0.371 e. The summed E-state index contributed by atoms with van der Waals surface area (Å²) in [4.78, 5) is 17.8. The molecule has 3 saturated heterocycles. The molecule has 2 aromatic rings. The maximum absolute atomic E-state index is 13.2. The molecule has 0 bridgehead atoms. The van der Waals surface area contributed by atoms with E-state index in [1.165, 1.54) is 10.4 Å². The van der Waals surface area contributed by atoms with E-state index in [4.69, 9.17) is 0 Å². The highest BCUT2D eigenvalue weighted by atomic mass is 32.2. The number of sulfonamides is 1. The number of carbonyl (C=O) groups is 1. The van der Waals surface area contributed by atoms with Crippen LogP contribution in [0.4, 0.5) is 29.5 Å². The van der Waals surface area contributed by atoms with Gasteiger partial charge in [-0.3, -0.25) is 0 Å². The number of carbonyl (C=O) groups excluding carboxylic acids is 1.